The molecular formula is C18H20N2O4S. The number of anilines is 1. The van der Waals surface area contributed by atoms with Gasteiger partial charge in [-0.1, -0.05) is 0 Å². The van der Waals surface area contributed by atoms with Gasteiger partial charge < -0.3 is 9.64 Å². The third kappa shape index (κ3) is 3.51. The van der Waals surface area contributed by atoms with E-state index < -0.39 is 9.84 Å². The van der Waals surface area contributed by atoms with Gasteiger partial charge in [-0.3, -0.25) is 4.79 Å². The van der Waals surface area contributed by atoms with Crippen molar-refractivity contribution in [1.82, 2.24) is 4.98 Å². The molecule has 1 aromatic heterocycles. The number of aryl methyl sites for hydroxylation is 1. The lowest BCUT2D eigenvalue weighted by Gasteiger charge is -2.30. The fraction of sp³-hybridized carbons (Fsp3) is 0.333. The highest BCUT2D eigenvalue weighted by Crippen LogP contribution is 2.31. The molecule has 7 heteroatoms. The molecular weight excluding hydrogens is 340 g/mol. The summed E-state index contributed by atoms with van der Waals surface area (Å²) in [5.74, 6) is 0.125. The van der Waals surface area contributed by atoms with Crippen LogP contribution in [-0.2, 0) is 16.3 Å². The summed E-state index contributed by atoms with van der Waals surface area (Å²) in [7, 11) is -3.27. The van der Waals surface area contributed by atoms with E-state index in [2.05, 4.69) is 4.98 Å². The molecule has 1 amide bonds. The first-order valence-electron chi connectivity index (χ1n) is 8.14. The molecule has 0 saturated carbocycles. The number of aromatic nitrogens is 1. The maximum Gasteiger partial charge on any atom is 0.263 e. The van der Waals surface area contributed by atoms with Crippen molar-refractivity contribution in [1.29, 1.82) is 0 Å². The summed E-state index contributed by atoms with van der Waals surface area (Å²) in [6.07, 6.45) is 4.29. The Bertz CT molecular complexity index is 909. The number of amides is 1. The number of benzene rings is 1. The summed E-state index contributed by atoms with van der Waals surface area (Å²) in [6.45, 7) is 2.84. The Morgan fingerprint density at radius 2 is 2.12 bits per heavy atom. The molecule has 6 nitrogen and oxygen atoms in total. The number of hydrogen-bond donors (Lipinski definition) is 0. The quantitative estimate of drug-likeness (QED) is 0.837. The Kier molecular flexibility index (Phi) is 4.76. The van der Waals surface area contributed by atoms with E-state index in [-0.39, 0.29) is 10.8 Å². The molecule has 1 aliphatic rings. The van der Waals surface area contributed by atoms with Crippen molar-refractivity contribution < 1.29 is 17.9 Å². The number of fused-ring (bicyclic) bond motifs is 1. The van der Waals surface area contributed by atoms with Gasteiger partial charge in [-0.05, 0) is 55.7 Å². The van der Waals surface area contributed by atoms with Crippen LogP contribution < -0.4 is 9.64 Å². The number of pyridine rings is 1. The van der Waals surface area contributed by atoms with E-state index in [1.807, 2.05) is 6.92 Å². The smallest absolute Gasteiger partial charge is 0.263 e. The number of hydrogen-bond acceptors (Lipinski definition) is 5. The number of carbonyl (C=O) groups is 1. The van der Waals surface area contributed by atoms with Crippen LogP contribution in [-0.4, -0.2) is 38.7 Å². The Morgan fingerprint density at radius 3 is 2.84 bits per heavy atom. The molecule has 3 rings (SSSR count). The van der Waals surface area contributed by atoms with E-state index >= 15 is 0 Å². The van der Waals surface area contributed by atoms with Gasteiger partial charge in [0.15, 0.2) is 9.84 Å². The van der Waals surface area contributed by atoms with Crippen molar-refractivity contribution in [2.45, 2.75) is 24.7 Å². The minimum atomic E-state index is -3.27. The Hall–Kier alpha value is -2.41. The molecule has 0 atom stereocenters. The van der Waals surface area contributed by atoms with E-state index in [0.29, 0.717) is 24.6 Å². The minimum absolute atomic E-state index is 0.190. The lowest BCUT2D eigenvalue weighted by molar-refractivity contribution is 0.0980. The molecule has 0 spiro atoms. The monoisotopic (exact) mass is 360 g/mol. The fourth-order valence-electron chi connectivity index (χ4n) is 2.97. The molecule has 0 unspecified atom stereocenters. The first-order valence-corrected chi connectivity index (χ1v) is 10.0. The van der Waals surface area contributed by atoms with Gasteiger partial charge in [-0.15, -0.1) is 0 Å². The van der Waals surface area contributed by atoms with Crippen LogP contribution in [0.5, 0.6) is 5.88 Å². The van der Waals surface area contributed by atoms with Crippen LogP contribution in [0.4, 0.5) is 5.69 Å². The highest BCUT2D eigenvalue weighted by Gasteiger charge is 2.27. The predicted molar refractivity (Wildman–Crippen MR) is 95.0 cm³/mol. The van der Waals surface area contributed by atoms with Crippen LogP contribution in [0.1, 0.15) is 29.3 Å². The molecule has 2 aromatic rings. The second kappa shape index (κ2) is 6.84. The molecule has 1 aromatic carbocycles. The number of ether oxygens (including phenoxy) is 1. The van der Waals surface area contributed by atoms with Crippen LogP contribution in [0.15, 0.2) is 41.4 Å². The van der Waals surface area contributed by atoms with Gasteiger partial charge in [-0.25, -0.2) is 13.4 Å². The van der Waals surface area contributed by atoms with E-state index in [9.17, 15) is 13.2 Å². The molecule has 132 valence electrons. The normalized spacial score (nSPS) is 14.1. The van der Waals surface area contributed by atoms with Gasteiger partial charge in [0.05, 0.1) is 11.5 Å². The summed E-state index contributed by atoms with van der Waals surface area (Å²) in [5.41, 5.74) is 2.02. The molecule has 0 radical (unpaired) electrons. The van der Waals surface area contributed by atoms with Crippen LogP contribution in [0, 0.1) is 0 Å². The van der Waals surface area contributed by atoms with Gasteiger partial charge in [0.25, 0.3) is 5.91 Å². The molecule has 0 N–H and O–H groups in total. The van der Waals surface area contributed by atoms with E-state index in [4.69, 9.17) is 4.74 Å². The topological polar surface area (TPSA) is 76.6 Å². The van der Waals surface area contributed by atoms with Crippen molar-refractivity contribution in [2.24, 2.45) is 0 Å². The van der Waals surface area contributed by atoms with Gasteiger partial charge in [-0.2, -0.15) is 0 Å². The number of nitrogens with zero attached hydrogens (tertiary/aromatic N) is 2. The molecule has 25 heavy (non-hydrogen) atoms. The first-order chi connectivity index (χ1) is 11.9. The Labute approximate surface area is 147 Å². The van der Waals surface area contributed by atoms with E-state index in [1.165, 1.54) is 6.26 Å². The molecule has 0 fully saturated rings. The Morgan fingerprint density at radius 1 is 1.32 bits per heavy atom. The van der Waals surface area contributed by atoms with E-state index in [0.717, 1.165) is 24.1 Å². The standard InChI is InChI=1S/C18H20N2O4S/c1-3-24-17-15(7-4-10-19-17)18(21)20-11-5-6-13-12-14(25(2,22)23)8-9-16(13)20/h4,7-10,12H,3,5-6,11H2,1-2H3. The number of carbonyl (C=O) groups excluding carboxylic acids is 1. The molecule has 2 heterocycles. The van der Waals surface area contributed by atoms with Crippen molar-refractivity contribution in [3.8, 4) is 5.88 Å². The first kappa shape index (κ1) is 17.4. The summed E-state index contributed by atoms with van der Waals surface area (Å²) >= 11 is 0. The van der Waals surface area contributed by atoms with Gasteiger partial charge in [0.1, 0.15) is 5.56 Å². The summed E-state index contributed by atoms with van der Waals surface area (Å²) < 4.78 is 29.0. The SMILES string of the molecule is CCOc1ncccc1C(=O)N1CCCc2cc(S(C)(=O)=O)ccc21. The van der Waals surface area contributed by atoms with E-state index in [1.54, 1.807) is 41.4 Å². The van der Waals surface area contributed by atoms with Crippen molar-refractivity contribution in [3.05, 3.63) is 47.7 Å². The van der Waals surface area contributed by atoms with Gasteiger partial charge >= 0.3 is 0 Å². The van der Waals surface area contributed by atoms with Gasteiger partial charge in [0, 0.05) is 24.7 Å². The van der Waals surface area contributed by atoms with Crippen molar-refractivity contribution >= 4 is 21.4 Å². The molecule has 0 bridgehead atoms. The largest absolute Gasteiger partial charge is 0.477 e. The number of rotatable bonds is 4. The fourth-order valence-corrected chi connectivity index (χ4v) is 3.64. The highest BCUT2D eigenvalue weighted by molar-refractivity contribution is 7.90. The Balaban J connectivity index is 2.00. The number of sulfone groups is 1. The molecule has 0 saturated heterocycles. The van der Waals surface area contributed by atoms with Crippen molar-refractivity contribution in [3.63, 3.8) is 0 Å². The highest BCUT2D eigenvalue weighted by atomic mass is 32.2. The van der Waals surface area contributed by atoms with Crippen LogP contribution in [0.2, 0.25) is 0 Å². The molecule has 0 aliphatic carbocycles. The zero-order chi connectivity index (χ0) is 18.0. The summed E-state index contributed by atoms with van der Waals surface area (Å²) in [5, 5.41) is 0. The average Bonchev–Trinajstić information content (AvgIpc) is 2.60. The second-order valence-corrected chi connectivity index (χ2v) is 7.93. The molecule has 1 aliphatic heterocycles. The third-order valence-corrected chi connectivity index (χ3v) is 5.24. The van der Waals surface area contributed by atoms with Crippen LogP contribution in [0.25, 0.3) is 0 Å². The van der Waals surface area contributed by atoms with Crippen LogP contribution >= 0.6 is 0 Å². The minimum Gasteiger partial charge on any atom is -0.477 e. The lowest BCUT2D eigenvalue weighted by atomic mass is 10.0. The maximum atomic E-state index is 13.0. The maximum absolute atomic E-state index is 13.0. The summed E-state index contributed by atoms with van der Waals surface area (Å²) in [4.78, 5) is 19.1. The lowest BCUT2D eigenvalue weighted by Crippen LogP contribution is -2.36. The summed E-state index contributed by atoms with van der Waals surface area (Å²) in [6, 6.07) is 8.32. The van der Waals surface area contributed by atoms with Crippen molar-refractivity contribution in [2.75, 3.05) is 24.3 Å². The van der Waals surface area contributed by atoms with Crippen LogP contribution in [0.3, 0.4) is 0 Å². The zero-order valence-electron chi connectivity index (χ0n) is 14.2. The average molecular weight is 360 g/mol. The predicted octanol–water partition coefficient (Wildman–Crippen LogP) is 2.48. The third-order valence-electron chi connectivity index (χ3n) is 4.13. The second-order valence-electron chi connectivity index (χ2n) is 5.91. The van der Waals surface area contributed by atoms with Gasteiger partial charge in [0.2, 0.25) is 5.88 Å². The zero-order valence-corrected chi connectivity index (χ0v) is 15.0.